The lowest BCUT2D eigenvalue weighted by atomic mass is 9.88. The van der Waals surface area contributed by atoms with Crippen LogP contribution in [0.25, 0.3) is 0 Å². The molecule has 1 aliphatic heterocycles. The number of nitrogens with zero attached hydrogens (tertiary/aromatic N) is 3. The highest BCUT2D eigenvalue weighted by atomic mass is 15.3. The van der Waals surface area contributed by atoms with Crippen molar-refractivity contribution in [2.45, 2.75) is 32.7 Å². The van der Waals surface area contributed by atoms with Gasteiger partial charge in [0.2, 0.25) is 0 Å². The normalized spacial score (nSPS) is 22.9. The molecule has 1 saturated heterocycles. The molecule has 1 rings (SSSR count). The Balaban J connectivity index is 2.26. The van der Waals surface area contributed by atoms with Crippen molar-refractivity contribution < 1.29 is 0 Å². The molecule has 1 fully saturated rings. The van der Waals surface area contributed by atoms with Crippen molar-refractivity contribution in [3.63, 3.8) is 0 Å². The largest absolute Gasteiger partial charge is 0.315 e. The molecule has 1 atom stereocenters. The van der Waals surface area contributed by atoms with Crippen LogP contribution in [0.4, 0.5) is 0 Å². The number of rotatable bonds is 6. The first kappa shape index (κ1) is 15.4. The molecule has 0 aromatic heterocycles. The fourth-order valence-electron chi connectivity index (χ4n) is 2.38. The van der Waals surface area contributed by atoms with E-state index in [2.05, 4.69) is 49.1 Å². The van der Waals surface area contributed by atoms with Crippen molar-refractivity contribution in [1.29, 1.82) is 5.26 Å². The van der Waals surface area contributed by atoms with Gasteiger partial charge in [0.05, 0.1) is 6.07 Å². The van der Waals surface area contributed by atoms with E-state index in [4.69, 9.17) is 5.26 Å². The number of hydrogen-bond acceptors (Lipinski definition) is 4. The lowest BCUT2D eigenvalue weighted by Crippen LogP contribution is -2.54. The van der Waals surface area contributed by atoms with Crippen LogP contribution in [0.5, 0.6) is 0 Å². The van der Waals surface area contributed by atoms with Gasteiger partial charge in [-0.2, -0.15) is 5.26 Å². The Morgan fingerprint density at radius 2 is 2.06 bits per heavy atom. The quantitative estimate of drug-likeness (QED) is 0.770. The first-order valence-electron chi connectivity index (χ1n) is 6.91. The average Bonchev–Trinajstić information content (AvgIpc) is 2.31. The first-order chi connectivity index (χ1) is 8.44. The third-order valence-corrected chi connectivity index (χ3v) is 3.88. The van der Waals surface area contributed by atoms with Gasteiger partial charge in [0.1, 0.15) is 0 Å². The number of piperazine rings is 1. The molecule has 0 saturated carbocycles. The van der Waals surface area contributed by atoms with Gasteiger partial charge in [0.25, 0.3) is 0 Å². The van der Waals surface area contributed by atoms with E-state index >= 15 is 0 Å². The molecule has 0 bridgehead atoms. The fraction of sp³-hybridized carbons (Fsp3) is 0.929. The van der Waals surface area contributed by atoms with E-state index in [1.165, 1.54) is 6.54 Å². The third kappa shape index (κ3) is 5.34. The van der Waals surface area contributed by atoms with E-state index in [1.54, 1.807) is 0 Å². The molecule has 4 heteroatoms. The molecular formula is C14H28N4. The van der Waals surface area contributed by atoms with Gasteiger partial charge in [-0.25, -0.2) is 0 Å². The van der Waals surface area contributed by atoms with E-state index in [0.717, 1.165) is 32.6 Å². The molecule has 1 heterocycles. The van der Waals surface area contributed by atoms with Crippen LogP contribution in [0.2, 0.25) is 0 Å². The van der Waals surface area contributed by atoms with Crippen LogP contribution >= 0.6 is 0 Å². The summed E-state index contributed by atoms with van der Waals surface area (Å²) in [4.78, 5) is 4.84. The van der Waals surface area contributed by atoms with Crippen LogP contribution in [-0.2, 0) is 0 Å². The highest BCUT2D eigenvalue weighted by Crippen LogP contribution is 2.20. The molecule has 0 aromatic carbocycles. The van der Waals surface area contributed by atoms with Gasteiger partial charge in [-0.15, -0.1) is 0 Å². The minimum absolute atomic E-state index is 0.217. The summed E-state index contributed by atoms with van der Waals surface area (Å²) in [6.45, 7) is 9.95. The summed E-state index contributed by atoms with van der Waals surface area (Å²) in [5, 5.41) is 12.2. The molecule has 4 nitrogen and oxygen atoms in total. The lowest BCUT2D eigenvalue weighted by Gasteiger charge is -2.38. The standard InChI is InChI=1S/C14H28N4/c1-14(2,6-5-7-15)12-16-10-13-11-17(3)8-9-18(13)4/h13,16H,5-6,8-12H2,1-4H3. The highest BCUT2D eigenvalue weighted by molar-refractivity contribution is 4.83. The zero-order valence-corrected chi connectivity index (χ0v) is 12.4. The maximum absolute atomic E-state index is 8.64. The Hall–Kier alpha value is -0.630. The zero-order valence-electron chi connectivity index (χ0n) is 12.4. The van der Waals surface area contributed by atoms with Crippen LogP contribution in [0.15, 0.2) is 0 Å². The number of nitrogens with one attached hydrogen (secondary N) is 1. The second kappa shape index (κ2) is 7.08. The Morgan fingerprint density at radius 1 is 1.33 bits per heavy atom. The number of hydrogen-bond donors (Lipinski definition) is 1. The summed E-state index contributed by atoms with van der Waals surface area (Å²) in [5.74, 6) is 0. The highest BCUT2D eigenvalue weighted by Gasteiger charge is 2.23. The minimum Gasteiger partial charge on any atom is -0.315 e. The Kier molecular flexibility index (Phi) is 6.07. The van der Waals surface area contributed by atoms with Gasteiger partial charge in [-0.3, -0.25) is 4.90 Å². The summed E-state index contributed by atoms with van der Waals surface area (Å²) in [6.07, 6.45) is 1.62. The summed E-state index contributed by atoms with van der Waals surface area (Å²) >= 11 is 0. The molecule has 0 radical (unpaired) electrons. The van der Waals surface area contributed by atoms with Crippen molar-refractivity contribution in [3.05, 3.63) is 0 Å². The van der Waals surface area contributed by atoms with Crippen molar-refractivity contribution in [1.82, 2.24) is 15.1 Å². The Labute approximate surface area is 112 Å². The summed E-state index contributed by atoms with van der Waals surface area (Å²) < 4.78 is 0. The minimum atomic E-state index is 0.217. The van der Waals surface area contributed by atoms with Gasteiger partial charge >= 0.3 is 0 Å². The smallest absolute Gasteiger partial charge is 0.0621 e. The van der Waals surface area contributed by atoms with Gasteiger partial charge in [-0.05, 0) is 25.9 Å². The van der Waals surface area contributed by atoms with Crippen molar-refractivity contribution >= 4 is 0 Å². The summed E-state index contributed by atoms with van der Waals surface area (Å²) in [6, 6.07) is 2.84. The molecule has 1 aliphatic rings. The molecule has 1 N–H and O–H groups in total. The molecule has 18 heavy (non-hydrogen) atoms. The molecule has 104 valence electrons. The van der Waals surface area contributed by atoms with Gasteiger partial charge in [-0.1, -0.05) is 13.8 Å². The van der Waals surface area contributed by atoms with Crippen LogP contribution in [-0.4, -0.2) is 62.7 Å². The average molecular weight is 252 g/mol. The second-order valence-electron chi connectivity index (χ2n) is 6.35. The Bertz CT molecular complexity index is 282. The summed E-state index contributed by atoms with van der Waals surface area (Å²) in [5.41, 5.74) is 0.217. The maximum Gasteiger partial charge on any atom is 0.0621 e. The zero-order chi connectivity index (χ0) is 13.6. The monoisotopic (exact) mass is 252 g/mol. The topological polar surface area (TPSA) is 42.3 Å². The summed E-state index contributed by atoms with van der Waals surface area (Å²) in [7, 11) is 4.40. The van der Waals surface area contributed by atoms with Crippen molar-refractivity contribution in [2.24, 2.45) is 5.41 Å². The molecule has 1 unspecified atom stereocenters. The van der Waals surface area contributed by atoms with Gasteiger partial charge < -0.3 is 10.2 Å². The van der Waals surface area contributed by atoms with E-state index in [-0.39, 0.29) is 5.41 Å². The predicted molar refractivity (Wildman–Crippen MR) is 75.4 cm³/mol. The third-order valence-electron chi connectivity index (χ3n) is 3.88. The predicted octanol–water partition coefficient (Wildman–Crippen LogP) is 1.15. The molecule has 0 amide bonds. The lowest BCUT2D eigenvalue weighted by molar-refractivity contribution is 0.111. The van der Waals surface area contributed by atoms with Crippen LogP contribution < -0.4 is 5.32 Å². The van der Waals surface area contributed by atoms with E-state index in [0.29, 0.717) is 12.5 Å². The molecule has 0 aromatic rings. The van der Waals surface area contributed by atoms with Crippen LogP contribution in [0.3, 0.4) is 0 Å². The van der Waals surface area contributed by atoms with Gasteiger partial charge in [0.15, 0.2) is 0 Å². The second-order valence-corrected chi connectivity index (χ2v) is 6.35. The van der Waals surface area contributed by atoms with Crippen LogP contribution in [0, 0.1) is 16.7 Å². The van der Waals surface area contributed by atoms with E-state index in [9.17, 15) is 0 Å². The number of likely N-dealkylation sites (N-methyl/N-ethyl adjacent to an activating group) is 2. The number of nitriles is 1. The Morgan fingerprint density at radius 3 is 2.72 bits per heavy atom. The van der Waals surface area contributed by atoms with E-state index in [1.807, 2.05) is 0 Å². The van der Waals surface area contributed by atoms with Crippen molar-refractivity contribution in [2.75, 3.05) is 46.8 Å². The first-order valence-corrected chi connectivity index (χ1v) is 6.91. The van der Waals surface area contributed by atoms with Crippen LogP contribution in [0.1, 0.15) is 26.7 Å². The molecule has 0 aliphatic carbocycles. The maximum atomic E-state index is 8.64. The van der Waals surface area contributed by atoms with E-state index < -0.39 is 0 Å². The fourth-order valence-corrected chi connectivity index (χ4v) is 2.38. The molecular weight excluding hydrogens is 224 g/mol. The SMILES string of the molecule is CN1CCN(C)C(CNCC(C)(C)CCC#N)C1. The molecule has 0 spiro atoms. The van der Waals surface area contributed by atoms with Crippen molar-refractivity contribution in [3.8, 4) is 6.07 Å². The van der Waals surface area contributed by atoms with Gasteiger partial charge in [0, 0.05) is 45.2 Å².